The third kappa shape index (κ3) is 7.11. The van der Waals surface area contributed by atoms with E-state index >= 15 is 0 Å². The molecular formula is C32H24B2N6O11. The number of benzene rings is 5. The minimum Gasteiger partial charge on any atom is -0.505 e. The molecule has 0 radical (unpaired) electrons. The first-order chi connectivity index (χ1) is 24.4. The maximum atomic E-state index is 11.4. The lowest BCUT2D eigenvalue weighted by atomic mass is 9.64. The molecule has 0 aromatic heterocycles. The van der Waals surface area contributed by atoms with Gasteiger partial charge in [-0.15, -0.1) is 5.11 Å². The maximum absolute atomic E-state index is 11.4. The molecule has 2 heterocycles. The number of carboxylic acid groups (broad SMARTS) is 1. The molecular weight excluding hydrogens is 666 g/mol. The van der Waals surface area contributed by atoms with Crippen molar-refractivity contribution in [1.29, 1.82) is 0 Å². The van der Waals surface area contributed by atoms with Gasteiger partial charge in [0.05, 0.1) is 40.1 Å². The SMILES string of the molecule is CB1OCc2ccc(N=Nc3cc([N+](=O)[O-])c(O)c([N+](=O)[O-])c3)cc21.O=C(O)c1cc2ccccc2c(N=Nc2ccc3c(c2)B(O)OC3)c1O. The van der Waals surface area contributed by atoms with Crippen LogP contribution in [0.2, 0.25) is 6.82 Å². The Labute approximate surface area is 287 Å². The van der Waals surface area contributed by atoms with E-state index in [4.69, 9.17) is 9.31 Å². The van der Waals surface area contributed by atoms with Crippen LogP contribution in [-0.4, -0.2) is 50.2 Å². The lowest BCUT2D eigenvalue weighted by molar-refractivity contribution is -0.396. The quantitative estimate of drug-likeness (QED) is 0.0681. The van der Waals surface area contributed by atoms with E-state index in [-0.39, 0.29) is 23.9 Å². The number of hydrogen-bond donors (Lipinski definition) is 4. The van der Waals surface area contributed by atoms with Crippen molar-refractivity contribution in [2.75, 3.05) is 0 Å². The maximum Gasteiger partial charge on any atom is 0.491 e. The van der Waals surface area contributed by atoms with E-state index in [0.29, 0.717) is 40.8 Å². The monoisotopic (exact) mass is 690 g/mol. The molecule has 254 valence electrons. The van der Waals surface area contributed by atoms with Gasteiger partial charge in [0, 0.05) is 17.5 Å². The third-order valence-electron chi connectivity index (χ3n) is 8.07. The number of azo groups is 2. The highest BCUT2D eigenvalue weighted by Crippen LogP contribution is 2.41. The highest BCUT2D eigenvalue weighted by Gasteiger charge is 2.28. The lowest BCUT2D eigenvalue weighted by Crippen LogP contribution is -2.27. The van der Waals surface area contributed by atoms with E-state index in [2.05, 4.69) is 20.5 Å². The molecule has 0 fully saturated rings. The van der Waals surface area contributed by atoms with E-state index in [1.54, 1.807) is 54.6 Å². The van der Waals surface area contributed by atoms with Gasteiger partial charge >= 0.3 is 31.4 Å². The van der Waals surface area contributed by atoms with E-state index in [0.717, 1.165) is 28.7 Å². The van der Waals surface area contributed by atoms with Gasteiger partial charge in [-0.1, -0.05) is 43.2 Å². The Morgan fingerprint density at radius 3 is 1.96 bits per heavy atom. The van der Waals surface area contributed by atoms with Crippen LogP contribution in [0.15, 0.2) is 99.3 Å². The van der Waals surface area contributed by atoms with Crippen LogP contribution in [0.1, 0.15) is 21.5 Å². The molecule has 0 atom stereocenters. The van der Waals surface area contributed by atoms with Crippen LogP contribution in [0.5, 0.6) is 11.5 Å². The molecule has 19 heteroatoms. The van der Waals surface area contributed by atoms with Crippen molar-refractivity contribution >= 4 is 75.8 Å². The summed E-state index contributed by atoms with van der Waals surface area (Å²) >= 11 is 0. The van der Waals surface area contributed by atoms with Gasteiger partial charge in [0.2, 0.25) is 0 Å². The zero-order chi connectivity index (χ0) is 36.4. The fraction of sp³-hybridized carbons (Fsp3) is 0.0938. The van der Waals surface area contributed by atoms with Gasteiger partial charge in [-0.25, -0.2) is 4.79 Å². The second kappa shape index (κ2) is 14.1. The molecule has 7 rings (SSSR count). The summed E-state index contributed by atoms with van der Waals surface area (Å²) in [4.78, 5) is 31.4. The van der Waals surface area contributed by atoms with Crippen molar-refractivity contribution in [3.05, 3.63) is 116 Å². The number of aromatic hydroxyl groups is 2. The molecule has 0 amide bonds. The van der Waals surface area contributed by atoms with Crippen LogP contribution < -0.4 is 10.9 Å². The van der Waals surface area contributed by atoms with Gasteiger partial charge < -0.3 is 29.7 Å². The van der Waals surface area contributed by atoms with Crippen molar-refractivity contribution in [3.63, 3.8) is 0 Å². The number of nitro benzene ring substituents is 2. The first-order valence-corrected chi connectivity index (χ1v) is 15.1. The molecule has 4 N–H and O–H groups in total. The Morgan fingerprint density at radius 1 is 0.745 bits per heavy atom. The Balaban J connectivity index is 0.000000176. The fourth-order valence-electron chi connectivity index (χ4n) is 5.45. The van der Waals surface area contributed by atoms with E-state index in [1.807, 2.05) is 12.9 Å². The molecule has 0 unspecified atom stereocenters. The number of nitrogens with zero attached hydrogens (tertiary/aromatic N) is 6. The summed E-state index contributed by atoms with van der Waals surface area (Å²) in [6.45, 7) is 2.69. The summed E-state index contributed by atoms with van der Waals surface area (Å²) in [5.41, 5.74) is 2.56. The molecule has 2 aliphatic heterocycles. The molecule has 2 aliphatic rings. The number of hydrogen-bond acceptors (Lipinski definition) is 14. The van der Waals surface area contributed by atoms with Gasteiger partial charge in [0.1, 0.15) is 11.3 Å². The lowest BCUT2D eigenvalue weighted by Gasteiger charge is -2.07. The average molecular weight is 690 g/mol. The molecule has 0 aliphatic carbocycles. The second-order valence-electron chi connectivity index (χ2n) is 11.3. The number of carbonyl (C=O) groups is 1. The smallest absolute Gasteiger partial charge is 0.491 e. The number of carboxylic acids is 1. The highest BCUT2D eigenvalue weighted by molar-refractivity contribution is 6.67. The van der Waals surface area contributed by atoms with E-state index in [1.165, 1.54) is 6.07 Å². The predicted octanol–water partition coefficient (Wildman–Crippen LogP) is 5.86. The number of aromatic carboxylic acids is 1. The number of fused-ring (bicyclic) bond motifs is 3. The molecule has 51 heavy (non-hydrogen) atoms. The average Bonchev–Trinajstić information content (AvgIpc) is 3.67. The van der Waals surface area contributed by atoms with Gasteiger partial charge in [0.15, 0.2) is 5.75 Å². The van der Waals surface area contributed by atoms with E-state index < -0.39 is 45.8 Å². The Kier molecular flexibility index (Phi) is 9.50. The first-order valence-electron chi connectivity index (χ1n) is 15.1. The molecule has 5 aromatic rings. The standard InChI is InChI=1S/C18H13BN2O5.C14H11BN4O6/c22-17-14(18(23)24)7-10-3-1-2-4-13(10)16(17)21-20-12-6-5-11-9-26-19(25)15(11)8-12;1-15-11-4-9(3-2-8(11)7-25-15)16-17-10-5-12(18(21)22)14(20)13(6-10)19(23)24/h1-8,22,25H,9H2,(H,23,24);2-6,20H,7H2,1H3. The second-order valence-corrected chi connectivity index (χ2v) is 11.3. The van der Waals surface area contributed by atoms with Crippen molar-refractivity contribution in [2.45, 2.75) is 20.0 Å². The molecule has 0 saturated carbocycles. The van der Waals surface area contributed by atoms with Gasteiger partial charge in [-0.2, -0.15) is 15.3 Å². The summed E-state index contributed by atoms with van der Waals surface area (Å²) in [7, 11) is -0.996. The number of rotatable bonds is 7. The summed E-state index contributed by atoms with van der Waals surface area (Å²) in [5.74, 6) is -2.70. The normalized spacial score (nSPS) is 13.4. The molecule has 5 aromatic carbocycles. The Morgan fingerprint density at radius 2 is 1.31 bits per heavy atom. The van der Waals surface area contributed by atoms with E-state index in [9.17, 15) is 45.4 Å². The van der Waals surface area contributed by atoms with Gasteiger partial charge in [-0.05, 0) is 57.8 Å². The zero-order valence-electron chi connectivity index (χ0n) is 26.4. The van der Waals surface area contributed by atoms with Crippen LogP contribution in [0, 0.1) is 20.2 Å². The van der Waals surface area contributed by atoms with Crippen LogP contribution >= 0.6 is 0 Å². The number of phenols is 2. The van der Waals surface area contributed by atoms with Crippen molar-refractivity contribution in [2.24, 2.45) is 20.5 Å². The summed E-state index contributed by atoms with van der Waals surface area (Å²) in [6.07, 6.45) is 0. The largest absolute Gasteiger partial charge is 0.505 e. The summed E-state index contributed by atoms with van der Waals surface area (Å²) < 4.78 is 10.6. The zero-order valence-corrected chi connectivity index (χ0v) is 26.4. The van der Waals surface area contributed by atoms with Crippen LogP contribution in [-0.2, 0) is 22.5 Å². The minimum atomic E-state index is -1.25. The minimum absolute atomic E-state index is 0.0685. The van der Waals surface area contributed by atoms with Crippen molar-refractivity contribution in [1.82, 2.24) is 0 Å². The number of phenolic OH excluding ortho intramolecular Hbond substituents is 1. The van der Waals surface area contributed by atoms with Gasteiger partial charge in [0.25, 0.3) is 5.75 Å². The van der Waals surface area contributed by atoms with Crippen LogP contribution in [0.25, 0.3) is 10.8 Å². The summed E-state index contributed by atoms with van der Waals surface area (Å²) in [6, 6.07) is 20.7. The first kappa shape index (κ1) is 34.3. The fourth-order valence-corrected chi connectivity index (χ4v) is 5.45. The van der Waals surface area contributed by atoms with Crippen molar-refractivity contribution < 1.29 is 44.3 Å². The molecule has 17 nitrogen and oxygen atoms in total. The van der Waals surface area contributed by atoms with Crippen molar-refractivity contribution in [3.8, 4) is 11.5 Å². The summed E-state index contributed by atoms with van der Waals surface area (Å²) in [5, 5.41) is 78.1. The number of nitro groups is 2. The molecule has 0 saturated heterocycles. The molecule has 0 bridgehead atoms. The molecule has 0 spiro atoms. The topological polar surface area (TPSA) is 252 Å². The third-order valence-corrected chi connectivity index (χ3v) is 8.07. The Bertz CT molecular complexity index is 2270. The van der Waals surface area contributed by atoms with Crippen LogP contribution in [0.4, 0.5) is 34.1 Å². The van der Waals surface area contributed by atoms with Gasteiger partial charge in [-0.3, -0.25) is 20.2 Å². The predicted molar refractivity (Wildman–Crippen MR) is 184 cm³/mol. The van der Waals surface area contributed by atoms with Crippen LogP contribution in [0.3, 0.4) is 0 Å². The highest BCUT2D eigenvalue weighted by atomic mass is 16.6. The Hall–Kier alpha value is -6.56.